The Morgan fingerprint density at radius 2 is 1.05 bits per heavy atom. The molecule has 0 spiro atoms. The Bertz CT molecular complexity index is 140. The van der Waals surface area contributed by atoms with E-state index in [0.29, 0.717) is 0 Å². The van der Waals surface area contributed by atoms with Gasteiger partial charge in [0.2, 0.25) is 0 Å². The van der Waals surface area contributed by atoms with Gasteiger partial charge in [-0.3, -0.25) is 0 Å². The topological polar surface area (TPSA) is 18.5 Å². The highest BCUT2D eigenvalue weighted by Crippen LogP contribution is 2.02. The first kappa shape index (κ1) is 21.2. The highest BCUT2D eigenvalue weighted by atomic mass is 16.5. The molecule has 19 heavy (non-hydrogen) atoms. The van der Waals surface area contributed by atoms with Crippen LogP contribution in [-0.4, -0.2) is 25.9 Å². The van der Waals surface area contributed by atoms with Gasteiger partial charge < -0.3 is 9.47 Å². The van der Waals surface area contributed by atoms with Crippen molar-refractivity contribution in [2.45, 2.75) is 91.6 Å². The molecule has 0 heterocycles. The van der Waals surface area contributed by atoms with Gasteiger partial charge in [0.25, 0.3) is 0 Å². The summed E-state index contributed by atoms with van der Waals surface area (Å²) in [6.45, 7) is 12.5. The zero-order chi connectivity index (χ0) is 15.0. The molecule has 0 aromatic rings. The number of unbranched alkanes of at least 4 members (excludes halogenated alkanes) is 6. The van der Waals surface area contributed by atoms with Crippen LogP contribution in [0.5, 0.6) is 0 Å². The molecule has 0 unspecified atom stereocenters. The van der Waals surface area contributed by atoms with Crippen LogP contribution in [0.4, 0.5) is 0 Å². The molecule has 0 aliphatic rings. The van der Waals surface area contributed by atoms with Gasteiger partial charge in [0.05, 0.1) is 5.60 Å². The van der Waals surface area contributed by atoms with Gasteiger partial charge in [-0.05, 0) is 33.6 Å². The minimum atomic E-state index is 0.0417. The van der Waals surface area contributed by atoms with Crippen molar-refractivity contribution < 1.29 is 9.47 Å². The lowest BCUT2D eigenvalue weighted by atomic mass is 10.2. The third kappa shape index (κ3) is 27.2. The van der Waals surface area contributed by atoms with E-state index in [1.165, 1.54) is 51.4 Å². The molecule has 118 valence electrons. The maximum Gasteiger partial charge on any atom is 0.0594 e. The molecular formula is C17H38O2. The number of rotatable bonds is 10. The van der Waals surface area contributed by atoms with Gasteiger partial charge in [0.15, 0.2) is 0 Å². The smallest absolute Gasteiger partial charge is 0.0594 e. The second-order valence-electron chi connectivity index (χ2n) is 6.05. The van der Waals surface area contributed by atoms with Gasteiger partial charge in [-0.1, -0.05) is 52.4 Å². The fourth-order valence-corrected chi connectivity index (χ4v) is 1.36. The van der Waals surface area contributed by atoms with E-state index < -0.39 is 0 Å². The van der Waals surface area contributed by atoms with Crippen molar-refractivity contribution in [1.29, 1.82) is 0 Å². The van der Waals surface area contributed by atoms with Gasteiger partial charge in [0, 0.05) is 20.3 Å². The van der Waals surface area contributed by atoms with Crippen molar-refractivity contribution in [3.8, 4) is 0 Å². The predicted octanol–water partition coefficient (Wildman–Crippen LogP) is 5.59. The van der Waals surface area contributed by atoms with Crippen LogP contribution < -0.4 is 0 Å². The number of ether oxygens (including phenoxy) is 2. The molecule has 0 bridgehead atoms. The Labute approximate surface area is 122 Å². The van der Waals surface area contributed by atoms with E-state index in [1.807, 2.05) is 20.8 Å². The van der Waals surface area contributed by atoms with Crippen LogP contribution in [0.1, 0.15) is 86.0 Å². The fourth-order valence-electron chi connectivity index (χ4n) is 1.36. The second-order valence-corrected chi connectivity index (χ2v) is 6.05. The third-order valence-electron chi connectivity index (χ3n) is 2.90. The lowest BCUT2D eigenvalue weighted by Gasteiger charge is -2.14. The SMILES string of the molecule is CCCCCCOCCCCCC.COC(C)(C)C. The molecule has 0 aromatic heterocycles. The molecule has 0 saturated carbocycles. The Hall–Kier alpha value is -0.0800. The van der Waals surface area contributed by atoms with Crippen molar-refractivity contribution in [3.05, 3.63) is 0 Å². The highest BCUT2D eigenvalue weighted by molar-refractivity contribution is 4.55. The minimum absolute atomic E-state index is 0.0417. The predicted molar refractivity (Wildman–Crippen MR) is 85.9 cm³/mol. The van der Waals surface area contributed by atoms with Crippen molar-refractivity contribution >= 4 is 0 Å². The normalized spacial score (nSPS) is 11.1. The van der Waals surface area contributed by atoms with Gasteiger partial charge in [0.1, 0.15) is 0 Å². The van der Waals surface area contributed by atoms with Gasteiger partial charge in [-0.15, -0.1) is 0 Å². The zero-order valence-corrected chi connectivity index (χ0v) is 14.4. The van der Waals surface area contributed by atoms with Gasteiger partial charge in [-0.2, -0.15) is 0 Å². The Kier molecular flexibility index (Phi) is 17.8. The van der Waals surface area contributed by atoms with E-state index in [1.54, 1.807) is 7.11 Å². The van der Waals surface area contributed by atoms with Crippen LogP contribution in [0.3, 0.4) is 0 Å². The van der Waals surface area contributed by atoms with Crippen LogP contribution in [0.25, 0.3) is 0 Å². The average molecular weight is 274 g/mol. The van der Waals surface area contributed by atoms with Crippen molar-refractivity contribution in [3.63, 3.8) is 0 Å². The Morgan fingerprint density at radius 1 is 0.684 bits per heavy atom. The van der Waals surface area contributed by atoms with Crippen molar-refractivity contribution in [2.24, 2.45) is 0 Å². The fraction of sp³-hybridized carbons (Fsp3) is 1.00. The molecule has 0 aliphatic heterocycles. The van der Waals surface area contributed by atoms with E-state index >= 15 is 0 Å². The van der Waals surface area contributed by atoms with E-state index in [4.69, 9.17) is 9.47 Å². The van der Waals surface area contributed by atoms with Crippen LogP contribution in [0.15, 0.2) is 0 Å². The van der Waals surface area contributed by atoms with E-state index in [9.17, 15) is 0 Å². The third-order valence-corrected chi connectivity index (χ3v) is 2.90. The van der Waals surface area contributed by atoms with Crippen molar-refractivity contribution in [1.82, 2.24) is 0 Å². The largest absolute Gasteiger partial charge is 0.381 e. The Morgan fingerprint density at radius 3 is 1.32 bits per heavy atom. The van der Waals surface area contributed by atoms with Crippen LogP contribution >= 0.6 is 0 Å². The summed E-state index contributed by atoms with van der Waals surface area (Å²) in [7, 11) is 1.71. The molecule has 0 saturated heterocycles. The first-order valence-electron chi connectivity index (χ1n) is 8.10. The summed E-state index contributed by atoms with van der Waals surface area (Å²) in [5.41, 5.74) is 0.0417. The summed E-state index contributed by atoms with van der Waals surface area (Å²) >= 11 is 0. The highest BCUT2D eigenvalue weighted by Gasteiger charge is 2.04. The molecule has 0 radical (unpaired) electrons. The molecule has 0 amide bonds. The molecule has 0 rings (SSSR count). The zero-order valence-electron chi connectivity index (χ0n) is 14.4. The van der Waals surface area contributed by atoms with Crippen LogP contribution in [-0.2, 0) is 9.47 Å². The van der Waals surface area contributed by atoms with Crippen LogP contribution in [0.2, 0.25) is 0 Å². The second kappa shape index (κ2) is 16.0. The van der Waals surface area contributed by atoms with E-state index in [-0.39, 0.29) is 5.60 Å². The summed E-state index contributed by atoms with van der Waals surface area (Å²) in [6, 6.07) is 0. The Balaban J connectivity index is 0. The number of methoxy groups -OCH3 is 1. The number of hydrogen-bond acceptors (Lipinski definition) is 2. The quantitative estimate of drug-likeness (QED) is 0.483. The summed E-state index contributed by atoms with van der Waals surface area (Å²) in [6.07, 6.45) is 10.5. The maximum absolute atomic E-state index is 5.53. The van der Waals surface area contributed by atoms with E-state index in [2.05, 4.69) is 13.8 Å². The van der Waals surface area contributed by atoms with Gasteiger partial charge >= 0.3 is 0 Å². The number of hydrogen-bond donors (Lipinski definition) is 0. The van der Waals surface area contributed by atoms with E-state index in [0.717, 1.165) is 13.2 Å². The molecule has 2 heteroatoms. The maximum atomic E-state index is 5.53. The molecule has 2 nitrogen and oxygen atoms in total. The standard InChI is InChI=1S/C12H26O.C5H12O/c1-3-5-7-9-11-13-12-10-8-6-4-2;1-5(2,3)6-4/h3-12H2,1-2H3;1-4H3. The monoisotopic (exact) mass is 274 g/mol. The molecule has 0 N–H and O–H groups in total. The molecule has 0 aromatic carbocycles. The van der Waals surface area contributed by atoms with Crippen molar-refractivity contribution in [2.75, 3.05) is 20.3 Å². The molecule has 0 atom stereocenters. The summed E-state index contributed by atoms with van der Waals surface area (Å²) in [4.78, 5) is 0. The molecule has 0 fully saturated rings. The first-order chi connectivity index (χ1) is 8.97. The lowest BCUT2D eigenvalue weighted by Crippen LogP contribution is -2.15. The molecular weight excluding hydrogens is 236 g/mol. The average Bonchev–Trinajstić information content (AvgIpc) is 2.37. The first-order valence-corrected chi connectivity index (χ1v) is 8.10. The molecule has 0 aliphatic carbocycles. The van der Waals surface area contributed by atoms with Gasteiger partial charge in [-0.25, -0.2) is 0 Å². The minimum Gasteiger partial charge on any atom is -0.381 e. The summed E-state index contributed by atoms with van der Waals surface area (Å²) in [5, 5.41) is 0. The van der Waals surface area contributed by atoms with Crippen LogP contribution in [0, 0.1) is 0 Å². The summed E-state index contributed by atoms with van der Waals surface area (Å²) in [5.74, 6) is 0. The lowest BCUT2D eigenvalue weighted by molar-refractivity contribution is 0.0397. The summed E-state index contributed by atoms with van der Waals surface area (Å²) < 4.78 is 10.5.